The normalized spacial score (nSPS) is 12.4. The first-order valence-electron chi connectivity index (χ1n) is 7.10. The molecular weight excluding hydrogens is 272 g/mol. The molecule has 1 N–H and O–H groups in total. The lowest BCUT2D eigenvalue weighted by atomic mass is 10.1. The molecule has 1 rings (SSSR count). The number of methoxy groups -OCH3 is 1. The summed E-state index contributed by atoms with van der Waals surface area (Å²) in [4.78, 5) is 10.8. The summed E-state index contributed by atoms with van der Waals surface area (Å²) in [5.41, 5.74) is 0.870. The Kier molecular flexibility index (Phi) is 7.11. The van der Waals surface area contributed by atoms with Gasteiger partial charge in [0.25, 0.3) is 0 Å². The van der Waals surface area contributed by atoms with Gasteiger partial charge in [0.1, 0.15) is 0 Å². The fourth-order valence-corrected chi connectivity index (χ4v) is 1.80. The van der Waals surface area contributed by atoms with E-state index in [1.165, 1.54) is 0 Å². The van der Waals surface area contributed by atoms with Crippen LogP contribution >= 0.6 is 0 Å². The Morgan fingerprint density at radius 1 is 1.33 bits per heavy atom. The van der Waals surface area contributed by atoms with Crippen molar-refractivity contribution < 1.29 is 14.4 Å². The molecule has 0 saturated heterocycles. The third-order valence-corrected chi connectivity index (χ3v) is 2.99. The minimum Gasteiger partial charge on any atom is -0.484 e. The third kappa shape index (κ3) is 6.10. The van der Waals surface area contributed by atoms with Crippen molar-refractivity contribution in [3.8, 4) is 5.75 Å². The van der Waals surface area contributed by atoms with Crippen LogP contribution in [0.25, 0.3) is 0 Å². The van der Waals surface area contributed by atoms with Gasteiger partial charge < -0.3 is 14.8 Å². The van der Waals surface area contributed by atoms with Crippen LogP contribution in [-0.2, 0) is 11.3 Å². The summed E-state index contributed by atoms with van der Waals surface area (Å²) < 4.78 is 10.6. The van der Waals surface area contributed by atoms with Crippen molar-refractivity contribution in [3.63, 3.8) is 0 Å². The quantitative estimate of drug-likeness (QED) is 0.560. The van der Waals surface area contributed by atoms with E-state index in [1.807, 2.05) is 26.8 Å². The van der Waals surface area contributed by atoms with Crippen LogP contribution in [0.15, 0.2) is 18.2 Å². The molecule has 0 bridgehead atoms. The maximum atomic E-state index is 11.2. The molecule has 0 aliphatic rings. The highest BCUT2D eigenvalue weighted by atomic mass is 16.6. The maximum Gasteiger partial charge on any atom is 0.311 e. The molecule has 1 unspecified atom stereocenters. The average molecular weight is 296 g/mol. The number of rotatable bonds is 9. The zero-order chi connectivity index (χ0) is 15.8. The molecule has 0 aliphatic heterocycles. The maximum absolute atomic E-state index is 11.2. The Hall–Kier alpha value is -1.66. The lowest BCUT2D eigenvalue weighted by Crippen LogP contribution is -2.22. The van der Waals surface area contributed by atoms with E-state index in [0.29, 0.717) is 31.4 Å². The highest BCUT2D eigenvalue weighted by Gasteiger charge is 2.18. The van der Waals surface area contributed by atoms with Gasteiger partial charge in [-0.15, -0.1) is 0 Å². The first-order chi connectivity index (χ1) is 9.93. The van der Waals surface area contributed by atoms with Crippen molar-refractivity contribution in [3.05, 3.63) is 33.9 Å². The second-order valence-electron chi connectivity index (χ2n) is 5.30. The SMILES string of the molecule is COCCC(C)Oc1ccc(CNC(C)C)cc1[N+](=O)[O-]. The Labute approximate surface area is 125 Å². The second-order valence-corrected chi connectivity index (χ2v) is 5.30. The summed E-state index contributed by atoms with van der Waals surface area (Å²) in [6.45, 7) is 7.09. The van der Waals surface area contributed by atoms with Gasteiger partial charge in [-0.05, 0) is 18.6 Å². The van der Waals surface area contributed by atoms with Gasteiger partial charge in [-0.1, -0.05) is 19.9 Å². The van der Waals surface area contributed by atoms with Crippen molar-refractivity contribution in [1.82, 2.24) is 5.32 Å². The van der Waals surface area contributed by atoms with Gasteiger partial charge in [0.05, 0.1) is 11.0 Å². The van der Waals surface area contributed by atoms with Crippen LogP contribution in [0.1, 0.15) is 32.8 Å². The minimum absolute atomic E-state index is 0.00215. The van der Waals surface area contributed by atoms with Crippen molar-refractivity contribution in [2.45, 2.75) is 45.9 Å². The molecule has 1 atom stereocenters. The molecule has 21 heavy (non-hydrogen) atoms. The standard InChI is InChI=1S/C15H24N2O4/c1-11(2)16-10-13-5-6-15(14(9-13)17(18)19)21-12(3)7-8-20-4/h5-6,9,11-12,16H,7-8,10H2,1-4H3. The molecule has 0 radical (unpaired) electrons. The average Bonchev–Trinajstić information content (AvgIpc) is 2.43. The Balaban J connectivity index is 2.81. The minimum atomic E-state index is -0.406. The fraction of sp³-hybridized carbons (Fsp3) is 0.600. The molecule has 6 nitrogen and oxygen atoms in total. The van der Waals surface area contributed by atoms with E-state index in [2.05, 4.69) is 5.32 Å². The number of benzene rings is 1. The predicted octanol–water partition coefficient (Wildman–Crippen LogP) is 2.90. The van der Waals surface area contributed by atoms with Crippen LogP contribution in [0.3, 0.4) is 0 Å². The topological polar surface area (TPSA) is 73.6 Å². The number of ether oxygens (including phenoxy) is 2. The molecule has 0 aromatic heterocycles. The number of nitro groups is 1. The van der Waals surface area contributed by atoms with Crippen molar-refractivity contribution in [2.75, 3.05) is 13.7 Å². The largest absolute Gasteiger partial charge is 0.484 e. The van der Waals surface area contributed by atoms with Crippen molar-refractivity contribution in [1.29, 1.82) is 0 Å². The summed E-state index contributed by atoms with van der Waals surface area (Å²) in [5, 5.41) is 14.4. The molecule has 6 heteroatoms. The zero-order valence-corrected chi connectivity index (χ0v) is 13.1. The molecule has 1 aromatic carbocycles. The smallest absolute Gasteiger partial charge is 0.311 e. The summed E-state index contributed by atoms with van der Waals surface area (Å²) in [5.74, 6) is 0.303. The van der Waals surface area contributed by atoms with E-state index in [0.717, 1.165) is 5.56 Å². The first-order valence-corrected chi connectivity index (χ1v) is 7.10. The van der Waals surface area contributed by atoms with Crippen LogP contribution in [-0.4, -0.2) is 30.8 Å². The molecule has 0 heterocycles. The number of nitro benzene ring substituents is 1. The summed E-state index contributed by atoms with van der Waals surface area (Å²) >= 11 is 0. The highest BCUT2D eigenvalue weighted by molar-refractivity contribution is 5.48. The van der Waals surface area contributed by atoms with Gasteiger partial charge in [-0.2, -0.15) is 0 Å². The lowest BCUT2D eigenvalue weighted by Gasteiger charge is -2.15. The van der Waals surface area contributed by atoms with Crippen LogP contribution in [0.5, 0.6) is 5.75 Å². The summed E-state index contributed by atoms with van der Waals surface area (Å²) in [6.07, 6.45) is 0.549. The summed E-state index contributed by atoms with van der Waals surface area (Å²) in [7, 11) is 1.62. The van der Waals surface area contributed by atoms with Crippen LogP contribution in [0, 0.1) is 10.1 Å². The van der Waals surface area contributed by atoms with Gasteiger partial charge in [-0.3, -0.25) is 10.1 Å². The molecule has 0 saturated carbocycles. The van der Waals surface area contributed by atoms with E-state index in [4.69, 9.17) is 9.47 Å². The fourth-order valence-electron chi connectivity index (χ4n) is 1.80. The third-order valence-electron chi connectivity index (χ3n) is 2.99. The Bertz CT molecular complexity index is 463. The van der Waals surface area contributed by atoms with E-state index in [1.54, 1.807) is 19.2 Å². The number of nitrogens with one attached hydrogen (secondary N) is 1. The molecule has 0 amide bonds. The van der Waals surface area contributed by atoms with Gasteiger partial charge in [0.15, 0.2) is 5.75 Å². The van der Waals surface area contributed by atoms with E-state index < -0.39 is 4.92 Å². The molecule has 0 aliphatic carbocycles. The van der Waals surface area contributed by atoms with Gasteiger partial charge in [0, 0.05) is 38.8 Å². The molecule has 0 spiro atoms. The van der Waals surface area contributed by atoms with Gasteiger partial charge in [0.2, 0.25) is 0 Å². The Morgan fingerprint density at radius 3 is 2.62 bits per heavy atom. The lowest BCUT2D eigenvalue weighted by molar-refractivity contribution is -0.386. The molecule has 1 aromatic rings. The highest BCUT2D eigenvalue weighted by Crippen LogP contribution is 2.29. The predicted molar refractivity (Wildman–Crippen MR) is 81.7 cm³/mol. The van der Waals surface area contributed by atoms with Crippen LogP contribution in [0.4, 0.5) is 5.69 Å². The number of hydrogen-bond donors (Lipinski definition) is 1. The van der Waals surface area contributed by atoms with Crippen LogP contribution < -0.4 is 10.1 Å². The Morgan fingerprint density at radius 2 is 2.05 bits per heavy atom. The van der Waals surface area contributed by atoms with Crippen LogP contribution in [0.2, 0.25) is 0 Å². The second kappa shape index (κ2) is 8.59. The van der Waals surface area contributed by atoms with Gasteiger partial charge >= 0.3 is 5.69 Å². The van der Waals surface area contributed by atoms with Crippen molar-refractivity contribution in [2.24, 2.45) is 0 Å². The summed E-state index contributed by atoms with van der Waals surface area (Å²) in [6, 6.07) is 5.40. The molecular formula is C15H24N2O4. The number of hydrogen-bond acceptors (Lipinski definition) is 5. The zero-order valence-electron chi connectivity index (χ0n) is 13.1. The van der Waals surface area contributed by atoms with Crippen molar-refractivity contribution >= 4 is 5.69 Å². The van der Waals surface area contributed by atoms with Gasteiger partial charge in [-0.25, -0.2) is 0 Å². The van der Waals surface area contributed by atoms with E-state index >= 15 is 0 Å². The number of nitrogens with zero attached hydrogens (tertiary/aromatic N) is 1. The monoisotopic (exact) mass is 296 g/mol. The molecule has 0 fully saturated rings. The van der Waals surface area contributed by atoms with E-state index in [-0.39, 0.29) is 11.8 Å². The molecule has 118 valence electrons. The first kappa shape index (κ1) is 17.4. The van der Waals surface area contributed by atoms with E-state index in [9.17, 15) is 10.1 Å².